The largest absolute Gasteiger partial charge is 0.312 e. The Bertz CT molecular complexity index is 363. The molecule has 0 saturated heterocycles. The van der Waals surface area contributed by atoms with E-state index in [1.165, 1.54) is 18.2 Å². The van der Waals surface area contributed by atoms with E-state index in [9.17, 15) is 8.78 Å². The molecule has 2 atom stereocenters. The third kappa shape index (κ3) is 3.39. The van der Waals surface area contributed by atoms with Gasteiger partial charge in [0.25, 0.3) is 0 Å². The molecule has 1 aliphatic rings. The maximum absolute atomic E-state index is 13.3. The molecule has 2 rings (SSSR count). The van der Waals surface area contributed by atoms with E-state index in [-0.39, 0.29) is 17.5 Å². The van der Waals surface area contributed by atoms with Crippen LogP contribution in [0.2, 0.25) is 0 Å². The van der Waals surface area contributed by atoms with Crippen LogP contribution in [0.25, 0.3) is 0 Å². The van der Waals surface area contributed by atoms with Crippen molar-refractivity contribution in [1.29, 1.82) is 0 Å². The van der Waals surface area contributed by atoms with Crippen molar-refractivity contribution < 1.29 is 8.78 Å². The van der Waals surface area contributed by atoms with Crippen LogP contribution in [0.4, 0.5) is 8.78 Å². The molecule has 0 amide bonds. The second-order valence-electron chi connectivity index (χ2n) is 4.61. The molecule has 0 heterocycles. The molecular weight excluding hydrogens is 244 g/mol. The Hall–Kier alpha value is -0.670. The number of halogens is 3. The fourth-order valence-corrected chi connectivity index (χ4v) is 2.68. The first-order chi connectivity index (χ1) is 8.16. The SMILES string of the molecule is Fc1cccc(F)c1CNCC1CCC(Cl)C1. The topological polar surface area (TPSA) is 12.0 Å². The highest BCUT2D eigenvalue weighted by Gasteiger charge is 2.22. The predicted octanol–water partition coefficient (Wildman–Crippen LogP) is 3.46. The van der Waals surface area contributed by atoms with E-state index in [1.54, 1.807) is 0 Å². The fourth-order valence-electron chi connectivity index (χ4n) is 2.30. The molecule has 1 aliphatic carbocycles. The van der Waals surface area contributed by atoms with Gasteiger partial charge in [-0.25, -0.2) is 8.78 Å². The zero-order chi connectivity index (χ0) is 12.3. The van der Waals surface area contributed by atoms with E-state index in [0.717, 1.165) is 25.8 Å². The molecule has 94 valence electrons. The predicted molar refractivity (Wildman–Crippen MR) is 65.0 cm³/mol. The zero-order valence-corrected chi connectivity index (χ0v) is 10.3. The fraction of sp³-hybridized carbons (Fsp3) is 0.538. The minimum Gasteiger partial charge on any atom is -0.312 e. The Balaban J connectivity index is 1.82. The van der Waals surface area contributed by atoms with Crippen LogP contribution < -0.4 is 5.32 Å². The lowest BCUT2D eigenvalue weighted by Gasteiger charge is -2.11. The van der Waals surface area contributed by atoms with Gasteiger partial charge in [-0.2, -0.15) is 0 Å². The Morgan fingerprint density at radius 1 is 1.24 bits per heavy atom. The summed E-state index contributed by atoms with van der Waals surface area (Å²) >= 11 is 6.01. The van der Waals surface area contributed by atoms with Crippen LogP contribution in [0.5, 0.6) is 0 Å². The first kappa shape index (κ1) is 12.8. The molecule has 1 saturated carbocycles. The van der Waals surface area contributed by atoms with Crippen LogP contribution >= 0.6 is 11.6 Å². The Morgan fingerprint density at radius 2 is 1.94 bits per heavy atom. The Morgan fingerprint density at radius 3 is 2.53 bits per heavy atom. The summed E-state index contributed by atoms with van der Waals surface area (Å²) in [4.78, 5) is 0. The van der Waals surface area contributed by atoms with Gasteiger partial charge in [-0.1, -0.05) is 6.07 Å². The summed E-state index contributed by atoms with van der Waals surface area (Å²) in [6.07, 6.45) is 3.14. The third-order valence-electron chi connectivity index (χ3n) is 3.27. The number of hydrogen-bond donors (Lipinski definition) is 1. The number of rotatable bonds is 4. The normalized spacial score (nSPS) is 24.2. The zero-order valence-electron chi connectivity index (χ0n) is 9.56. The summed E-state index contributed by atoms with van der Waals surface area (Å²) in [5, 5.41) is 3.38. The van der Waals surface area contributed by atoms with Gasteiger partial charge in [0.1, 0.15) is 11.6 Å². The van der Waals surface area contributed by atoms with E-state index in [1.807, 2.05) is 0 Å². The highest BCUT2D eigenvalue weighted by molar-refractivity contribution is 6.20. The molecular formula is C13H16ClF2N. The van der Waals surface area contributed by atoms with Gasteiger partial charge in [-0.15, -0.1) is 11.6 Å². The molecule has 0 spiro atoms. The minimum atomic E-state index is -0.487. The van der Waals surface area contributed by atoms with Gasteiger partial charge >= 0.3 is 0 Å². The summed E-state index contributed by atoms with van der Waals surface area (Å²) in [6.45, 7) is 1.01. The van der Waals surface area contributed by atoms with Crippen molar-refractivity contribution >= 4 is 11.6 Å². The summed E-state index contributed by atoms with van der Waals surface area (Å²) in [6, 6.07) is 3.94. The summed E-state index contributed by atoms with van der Waals surface area (Å²) < 4.78 is 26.6. The van der Waals surface area contributed by atoms with E-state index < -0.39 is 11.6 Å². The third-order valence-corrected chi connectivity index (χ3v) is 3.67. The van der Waals surface area contributed by atoms with Crippen molar-refractivity contribution in [2.45, 2.75) is 31.2 Å². The maximum Gasteiger partial charge on any atom is 0.130 e. The van der Waals surface area contributed by atoms with Crippen molar-refractivity contribution in [2.24, 2.45) is 5.92 Å². The average molecular weight is 260 g/mol. The molecule has 1 fully saturated rings. The van der Waals surface area contributed by atoms with Gasteiger partial charge in [0, 0.05) is 17.5 Å². The van der Waals surface area contributed by atoms with E-state index in [4.69, 9.17) is 11.6 Å². The number of benzene rings is 1. The van der Waals surface area contributed by atoms with Gasteiger partial charge in [0.15, 0.2) is 0 Å². The van der Waals surface area contributed by atoms with Gasteiger partial charge in [-0.3, -0.25) is 0 Å². The second-order valence-corrected chi connectivity index (χ2v) is 5.22. The maximum atomic E-state index is 13.3. The summed E-state index contributed by atoms with van der Waals surface area (Å²) in [5.41, 5.74) is 0.118. The molecule has 0 radical (unpaired) electrons. The van der Waals surface area contributed by atoms with Crippen LogP contribution in [-0.4, -0.2) is 11.9 Å². The number of nitrogens with one attached hydrogen (secondary N) is 1. The van der Waals surface area contributed by atoms with Gasteiger partial charge in [0.05, 0.1) is 0 Å². The first-order valence-electron chi connectivity index (χ1n) is 5.94. The van der Waals surface area contributed by atoms with Crippen molar-refractivity contribution in [2.75, 3.05) is 6.54 Å². The lowest BCUT2D eigenvalue weighted by atomic mass is 10.1. The quantitative estimate of drug-likeness (QED) is 0.817. The van der Waals surface area contributed by atoms with Crippen molar-refractivity contribution in [3.63, 3.8) is 0 Å². The van der Waals surface area contributed by atoms with Gasteiger partial charge in [0.2, 0.25) is 0 Å². The van der Waals surface area contributed by atoms with Gasteiger partial charge < -0.3 is 5.32 Å². The van der Waals surface area contributed by atoms with E-state index >= 15 is 0 Å². The lowest BCUT2D eigenvalue weighted by Crippen LogP contribution is -2.22. The Kier molecular flexibility index (Phi) is 4.35. The van der Waals surface area contributed by atoms with Gasteiger partial charge in [-0.05, 0) is 43.9 Å². The molecule has 0 aliphatic heterocycles. The van der Waals surface area contributed by atoms with Crippen molar-refractivity contribution in [3.8, 4) is 0 Å². The molecule has 1 aromatic carbocycles. The molecule has 1 nitrogen and oxygen atoms in total. The highest BCUT2D eigenvalue weighted by atomic mass is 35.5. The van der Waals surface area contributed by atoms with Crippen LogP contribution in [-0.2, 0) is 6.54 Å². The first-order valence-corrected chi connectivity index (χ1v) is 6.38. The van der Waals surface area contributed by atoms with Crippen LogP contribution in [0.1, 0.15) is 24.8 Å². The van der Waals surface area contributed by atoms with Crippen LogP contribution in [0.15, 0.2) is 18.2 Å². The molecule has 2 unspecified atom stereocenters. The summed E-state index contributed by atoms with van der Waals surface area (Å²) in [7, 11) is 0. The lowest BCUT2D eigenvalue weighted by molar-refractivity contribution is 0.472. The molecule has 0 aromatic heterocycles. The smallest absolute Gasteiger partial charge is 0.130 e. The Labute approximate surface area is 105 Å². The standard InChI is InChI=1S/C13H16ClF2N/c14-10-5-4-9(6-10)7-17-8-11-12(15)2-1-3-13(11)16/h1-3,9-10,17H,4-8H2. The molecule has 17 heavy (non-hydrogen) atoms. The molecule has 1 aromatic rings. The van der Waals surface area contributed by atoms with Crippen LogP contribution in [0, 0.1) is 17.6 Å². The molecule has 1 N–H and O–H groups in total. The molecule has 0 bridgehead atoms. The van der Waals surface area contributed by atoms with Crippen LogP contribution in [0.3, 0.4) is 0 Å². The average Bonchev–Trinajstić information content (AvgIpc) is 2.69. The van der Waals surface area contributed by atoms with Crippen molar-refractivity contribution in [1.82, 2.24) is 5.32 Å². The highest BCUT2D eigenvalue weighted by Crippen LogP contribution is 2.28. The van der Waals surface area contributed by atoms with Crippen molar-refractivity contribution in [3.05, 3.63) is 35.4 Å². The number of hydrogen-bond acceptors (Lipinski definition) is 1. The molecule has 4 heteroatoms. The van der Waals surface area contributed by atoms with E-state index in [0.29, 0.717) is 5.92 Å². The second kappa shape index (κ2) is 5.78. The summed E-state index contributed by atoms with van der Waals surface area (Å²) in [5.74, 6) is -0.439. The van der Waals surface area contributed by atoms with E-state index in [2.05, 4.69) is 5.32 Å². The minimum absolute atomic E-state index is 0.118. The monoisotopic (exact) mass is 259 g/mol. The number of alkyl halides is 1.